The molecule has 0 fully saturated rings. The monoisotopic (exact) mass is 336 g/mol. The summed E-state index contributed by atoms with van der Waals surface area (Å²) in [6.07, 6.45) is 0. The van der Waals surface area contributed by atoms with Crippen LogP contribution in [0.1, 0.15) is 11.3 Å². The van der Waals surface area contributed by atoms with Crippen molar-refractivity contribution in [3.63, 3.8) is 0 Å². The Morgan fingerprint density at radius 1 is 1.23 bits per heavy atom. The number of fused-ring (bicyclic) bond motifs is 1. The number of benzene rings is 2. The van der Waals surface area contributed by atoms with Crippen molar-refractivity contribution in [2.45, 2.75) is 12.7 Å². The fraction of sp³-hybridized carbons (Fsp3) is 0.133. The van der Waals surface area contributed by atoms with Gasteiger partial charge in [-0.05, 0) is 36.8 Å². The molecule has 22 heavy (non-hydrogen) atoms. The highest BCUT2D eigenvalue weighted by Gasteiger charge is 2.17. The summed E-state index contributed by atoms with van der Waals surface area (Å²) in [6.45, 7) is 1.85. The average molecular weight is 337 g/mol. The summed E-state index contributed by atoms with van der Waals surface area (Å²) in [5.74, 6) is -0.268. The lowest BCUT2D eigenvalue weighted by molar-refractivity contribution is 0.448. The average Bonchev–Trinajstić information content (AvgIpc) is 2.85. The number of anilines is 1. The Balaban J connectivity index is 1.85. The van der Waals surface area contributed by atoms with E-state index in [-0.39, 0.29) is 5.75 Å². The Morgan fingerprint density at radius 3 is 2.77 bits per heavy atom. The van der Waals surface area contributed by atoms with Crippen LogP contribution in [0, 0.1) is 6.92 Å². The molecule has 5 nitrogen and oxygen atoms in total. The van der Waals surface area contributed by atoms with E-state index in [1.54, 1.807) is 36.4 Å². The maximum atomic E-state index is 12.3. The molecule has 7 heteroatoms. The first-order chi connectivity index (χ1) is 10.4. The molecule has 0 radical (unpaired) electrons. The molecule has 2 aromatic carbocycles. The summed E-state index contributed by atoms with van der Waals surface area (Å²) in [4.78, 5) is 0. The first kappa shape index (κ1) is 14.9. The van der Waals surface area contributed by atoms with Crippen LogP contribution in [-0.2, 0) is 15.8 Å². The number of rotatable bonds is 4. The van der Waals surface area contributed by atoms with Crippen molar-refractivity contribution in [3.8, 4) is 0 Å². The second kappa shape index (κ2) is 5.62. The smallest absolute Gasteiger partial charge is 0.238 e. The van der Waals surface area contributed by atoms with Gasteiger partial charge in [0, 0.05) is 16.1 Å². The van der Waals surface area contributed by atoms with Gasteiger partial charge >= 0.3 is 0 Å². The summed E-state index contributed by atoms with van der Waals surface area (Å²) in [7, 11) is -3.61. The second-order valence-electron chi connectivity index (χ2n) is 4.95. The number of sulfonamides is 1. The summed E-state index contributed by atoms with van der Waals surface area (Å²) >= 11 is 6.00. The molecule has 1 heterocycles. The first-order valence-electron chi connectivity index (χ1n) is 6.54. The summed E-state index contributed by atoms with van der Waals surface area (Å²) in [5.41, 5.74) is 2.24. The number of nitrogens with zero attached hydrogens (tertiary/aromatic N) is 1. The molecule has 0 aliphatic carbocycles. The third-order valence-corrected chi connectivity index (χ3v) is 4.83. The minimum atomic E-state index is -3.61. The quantitative estimate of drug-likeness (QED) is 0.788. The molecule has 0 saturated heterocycles. The molecule has 3 aromatic rings. The SMILES string of the molecule is Cc1ccc(NS(=O)(=O)Cc2noc3ccccc23)cc1Cl. The van der Waals surface area contributed by atoms with Crippen molar-refractivity contribution in [3.05, 3.63) is 58.7 Å². The van der Waals surface area contributed by atoms with Gasteiger partial charge in [0.25, 0.3) is 0 Å². The molecular weight excluding hydrogens is 324 g/mol. The number of hydrogen-bond donors (Lipinski definition) is 1. The van der Waals surface area contributed by atoms with Crippen LogP contribution < -0.4 is 4.72 Å². The minimum Gasteiger partial charge on any atom is -0.356 e. The highest BCUT2D eigenvalue weighted by atomic mass is 35.5. The third-order valence-electron chi connectivity index (χ3n) is 3.22. The van der Waals surface area contributed by atoms with Gasteiger partial charge < -0.3 is 4.52 Å². The van der Waals surface area contributed by atoms with Crippen molar-refractivity contribution < 1.29 is 12.9 Å². The number of aromatic nitrogens is 1. The van der Waals surface area contributed by atoms with Crippen molar-refractivity contribution in [2.75, 3.05) is 4.72 Å². The fourth-order valence-electron chi connectivity index (χ4n) is 2.09. The van der Waals surface area contributed by atoms with Gasteiger partial charge in [0.05, 0.1) is 0 Å². The zero-order chi connectivity index (χ0) is 15.7. The normalized spacial score (nSPS) is 11.7. The van der Waals surface area contributed by atoms with E-state index in [2.05, 4.69) is 9.88 Å². The van der Waals surface area contributed by atoms with Crippen molar-refractivity contribution in [1.82, 2.24) is 5.16 Å². The Labute approximate surface area is 132 Å². The number of halogens is 1. The molecule has 1 N–H and O–H groups in total. The van der Waals surface area contributed by atoms with Crippen LogP contribution in [0.3, 0.4) is 0 Å². The number of para-hydroxylation sites is 1. The molecule has 114 valence electrons. The summed E-state index contributed by atoms with van der Waals surface area (Å²) < 4.78 is 32.2. The predicted molar refractivity (Wildman–Crippen MR) is 86.4 cm³/mol. The second-order valence-corrected chi connectivity index (χ2v) is 7.08. The van der Waals surface area contributed by atoms with E-state index >= 15 is 0 Å². The van der Waals surface area contributed by atoms with Crippen molar-refractivity contribution >= 4 is 38.3 Å². The van der Waals surface area contributed by atoms with Crippen LogP contribution in [0.4, 0.5) is 5.69 Å². The topological polar surface area (TPSA) is 72.2 Å². The van der Waals surface area contributed by atoms with Crippen molar-refractivity contribution in [1.29, 1.82) is 0 Å². The Kier molecular flexibility index (Phi) is 3.80. The van der Waals surface area contributed by atoms with E-state index in [0.717, 1.165) is 5.56 Å². The molecule has 0 saturated carbocycles. The van der Waals surface area contributed by atoms with Gasteiger partial charge in [-0.1, -0.05) is 35.0 Å². The first-order valence-corrected chi connectivity index (χ1v) is 8.57. The zero-order valence-electron chi connectivity index (χ0n) is 11.7. The molecule has 3 rings (SSSR count). The maximum Gasteiger partial charge on any atom is 0.238 e. The lowest BCUT2D eigenvalue weighted by atomic mass is 10.2. The lowest BCUT2D eigenvalue weighted by Gasteiger charge is -2.08. The van der Waals surface area contributed by atoms with E-state index in [0.29, 0.717) is 27.4 Å². The fourth-order valence-corrected chi connectivity index (χ4v) is 3.40. The van der Waals surface area contributed by atoms with E-state index in [1.807, 2.05) is 13.0 Å². The molecular formula is C15H13ClN2O3S. The molecule has 0 atom stereocenters. The van der Waals surface area contributed by atoms with Gasteiger partial charge in [-0.2, -0.15) is 0 Å². The molecule has 0 amide bonds. The Morgan fingerprint density at radius 2 is 2.00 bits per heavy atom. The number of aryl methyl sites for hydroxylation is 1. The molecule has 0 aliphatic heterocycles. The van der Waals surface area contributed by atoms with E-state index in [4.69, 9.17) is 16.1 Å². The van der Waals surface area contributed by atoms with E-state index in [9.17, 15) is 8.42 Å². The Hall–Kier alpha value is -2.05. The van der Waals surface area contributed by atoms with Crippen LogP contribution in [0.15, 0.2) is 47.0 Å². The van der Waals surface area contributed by atoms with Crippen LogP contribution in [-0.4, -0.2) is 13.6 Å². The number of hydrogen-bond acceptors (Lipinski definition) is 4. The molecule has 0 bridgehead atoms. The summed E-state index contributed by atoms with van der Waals surface area (Å²) in [6, 6.07) is 12.1. The highest BCUT2D eigenvalue weighted by Crippen LogP contribution is 2.23. The van der Waals surface area contributed by atoms with E-state index in [1.165, 1.54) is 0 Å². The van der Waals surface area contributed by atoms with Crippen LogP contribution >= 0.6 is 11.6 Å². The third kappa shape index (κ3) is 3.08. The van der Waals surface area contributed by atoms with Crippen LogP contribution in [0.2, 0.25) is 5.02 Å². The molecule has 0 unspecified atom stereocenters. The highest BCUT2D eigenvalue weighted by molar-refractivity contribution is 7.91. The molecule has 0 spiro atoms. The van der Waals surface area contributed by atoms with Gasteiger partial charge in [0.1, 0.15) is 11.4 Å². The largest absolute Gasteiger partial charge is 0.356 e. The summed E-state index contributed by atoms with van der Waals surface area (Å²) in [5, 5.41) is 5.03. The Bertz CT molecular complexity index is 935. The van der Waals surface area contributed by atoms with Crippen LogP contribution in [0.5, 0.6) is 0 Å². The predicted octanol–water partition coefficient (Wildman–Crippen LogP) is 3.73. The van der Waals surface area contributed by atoms with Crippen LogP contribution in [0.25, 0.3) is 11.0 Å². The molecule has 1 aromatic heterocycles. The van der Waals surface area contributed by atoms with E-state index < -0.39 is 10.0 Å². The van der Waals surface area contributed by atoms with Crippen molar-refractivity contribution in [2.24, 2.45) is 0 Å². The van der Waals surface area contributed by atoms with Gasteiger partial charge in [-0.15, -0.1) is 0 Å². The van der Waals surface area contributed by atoms with Gasteiger partial charge in [-0.25, -0.2) is 8.42 Å². The molecule has 0 aliphatic rings. The maximum absolute atomic E-state index is 12.3. The number of nitrogens with one attached hydrogen (secondary N) is 1. The minimum absolute atomic E-state index is 0.268. The van der Waals surface area contributed by atoms with Gasteiger partial charge in [0.2, 0.25) is 10.0 Å². The standard InChI is InChI=1S/C15H13ClN2O3S/c1-10-6-7-11(8-13(10)16)18-22(19,20)9-14-12-4-2-3-5-15(12)21-17-14/h2-8,18H,9H2,1H3. The van der Waals surface area contributed by atoms with Gasteiger partial charge in [-0.3, -0.25) is 4.72 Å². The zero-order valence-corrected chi connectivity index (χ0v) is 13.3. The lowest BCUT2D eigenvalue weighted by Crippen LogP contribution is -2.15. The van der Waals surface area contributed by atoms with Gasteiger partial charge in [0.15, 0.2) is 5.58 Å².